The standard InChI is InChI=1S/C17H24N4O4S2/c1-11-7-12(2)10-21(9-11)15(22)13(3)27(23,24)17-20-19-16(26-17)18-8-14-5-4-6-25-14/h4-6,11-13H,7-10H2,1-3H3,(H,18,19)/t11-,12+,13-/m1/s1. The van der Waals surface area contributed by atoms with Gasteiger partial charge in [0, 0.05) is 13.1 Å². The van der Waals surface area contributed by atoms with E-state index in [-0.39, 0.29) is 10.2 Å². The first-order valence-electron chi connectivity index (χ1n) is 8.89. The van der Waals surface area contributed by atoms with Crippen LogP contribution >= 0.6 is 11.3 Å². The minimum absolute atomic E-state index is 0.150. The zero-order chi connectivity index (χ0) is 19.6. The molecule has 27 heavy (non-hydrogen) atoms. The van der Waals surface area contributed by atoms with Gasteiger partial charge in [0.05, 0.1) is 12.8 Å². The topological polar surface area (TPSA) is 105 Å². The van der Waals surface area contributed by atoms with E-state index in [1.54, 1.807) is 23.3 Å². The van der Waals surface area contributed by atoms with Gasteiger partial charge in [-0.1, -0.05) is 25.2 Å². The number of aromatic nitrogens is 2. The Kier molecular flexibility index (Phi) is 5.85. The highest BCUT2D eigenvalue weighted by molar-refractivity contribution is 7.94. The van der Waals surface area contributed by atoms with Gasteiger partial charge in [-0.3, -0.25) is 4.79 Å². The van der Waals surface area contributed by atoms with E-state index >= 15 is 0 Å². The number of nitrogens with zero attached hydrogens (tertiary/aromatic N) is 3. The van der Waals surface area contributed by atoms with Crippen molar-refractivity contribution in [2.75, 3.05) is 18.4 Å². The maximum Gasteiger partial charge on any atom is 0.241 e. The van der Waals surface area contributed by atoms with Gasteiger partial charge in [-0.2, -0.15) is 0 Å². The number of sulfone groups is 1. The highest BCUT2D eigenvalue weighted by Gasteiger charge is 2.37. The average molecular weight is 413 g/mol. The molecule has 1 amide bonds. The highest BCUT2D eigenvalue weighted by Crippen LogP contribution is 2.27. The Balaban J connectivity index is 1.68. The lowest BCUT2D eigenvalue weighted by Gasteiger charge is -2.36. The Labute approximate surface area is 162 Å². The third-order valence-electron chi connectivity index (χ3n) is 4.64. The van der Waals surface area contributed by atoms with E-state index in [1.165, 1.54) is 6.92 Å². The van der Waals surface area contributed by atoms with Crippen LogP contribution in [0.5, 0.6) is 0 Å². The van der Waals surface area contributed by atoms with E-state index in [1.807, 2.05) is 0 Å². The van der Waals surface area contributed by atoms with Gasteiger partial charge in [0.15, 0.2) is 0 Å². The third-order valence-corrected chi connectivity index (χ3v) is 7.96. The van der Waals surface area contributed by atoms with E-state index < -0.39 is 15.1 Å². The molecule has 0 radical (unpaired) electrons. The van der Waals surface area contributed by atoms with Crippen LogP contribution in [0.1, 0.15) is 33.0 Å². The fourth-order valence-corrected chi connectivity index (χ4v) is 5.84. The van der Waals surface area contributed by atoms with Crippen LogP contribution in [0.2, 0.25) is 0 Å². The Bertz CT molecular complexity index is 869. The van der Waals surface area contributed by atoms with E-state index in [9.17, 15) is 13.2 Å². The summed E-state index contributed by atoms with van der Waals surface area (Å²) >= 11 is 0.921. The predicted octanol–water partition coefficient (Wildman–Crippen LogP) is 2.41. The largest absolute Gasteiger partial charge is 0.467 e. The van der Waals surface area contributed by atoms with Crippen molar-refractivity contribution >= 4 is 32.2 Å². The quantitative estimate of drug-likeness (QED) is 0.776. The fourth-order valence-electron chi connectivity index (χ4n) is 3.36. The average Bonchev–Trinajstić information content (AvgIpc) is 3.29. The molecule has 0 spiro atoms. The molecular formula is C17H24N4O4S2. The van der Waals surface area contributed by atoms with Gasteiger partial charge in [0.1, 0.15) is 11.0 Å². The monoisotopic (exact) mass is 412 g/mol. The third kappa shape index (κ3) is 4.49. The van der Waals surface area contributed by atoms with Crippen LogP contribution in [0.3, 0.4) is 0 Å². The van der Waals surface area contributed by atoms with Crippen molar-refractivity contribution in [2.24, 2.45) is 11.8 Å². The Morgan fingerprint density at radius 1 is 1.37 bits per heavy atom. The number of likely N-dealkylation sites (tertiary alicyclic amines) is 1. The molecule has 1 fully saturated rings. The van der Waals surface area contributed by atoms with Crippen molar-refractivity contribution in [1.29, 1.82) is 0 Å². The summed E-state index contributed by atoms with van der Waals surface area (Å²) in [4.78, 5) is 14.4. The van der Waals surface area contributed by atoms with E-state index in [0.717, 1.165) is 17.8 Å². The van der Waals surface area contributed by atoms with Crippen molar-refractivity contribution in [3.05, 3.63) is 24.2 Å². The lowest BCUT2D eigenvalue weighted by Crippen LogP contribution is -2.48. The van der Waals surface area contributed by atoms with Gasteiger partial charge in [-0.05, 0) is 37.3 Å². The molecule has 1 saturated heterocycles. The van der Waals surface area contributed by atoms with Gasteiger partial charge < -0.3 is 14.6 Å². The molecule has 0 saturated carbocycles. The number of hydrogen-bond donors (Lipinski definition) is 1. The number of carbonyl (C=O) groups is 1. The Hall–Kier alpha value is -1.94. The van der Waals surface area contributed by atoms with Crippen LogP contribution in [0.25, 0.3) is 0 Å². The Morgan fingerprint density at radius 3 is 2.70 bits per heavy atom. The molecule has 0 aromatic carbocycles. The summed E-state index contributed by atoms with van der Waals surface area (Å²) < 4.78 is 30.7. The second-order valence-corrected chi connectivity index (χ2v) is 10.6. The van der Waals surface area contributed by atoms with Gasteiger partial charge >= 0.3 is 0 Å². The van der Waals surface area contributed by atoms with Crippen LogP contribution in [0, 0.1) is 11.8 Å². The second kappa shape index (κ2) is 7.97. The zero-order valence-corrected chi connectivity index (χ0v) is 17.2. The van der Waals surface area contributed by atoms with Crippen LogP contribution in [0.15, 0.2) is 27.2 Å². The molecule has 1 N–H and O–H groups in total. The Morgan fingerprint density at radius 2 is 2.07 bits per heavy atom. The number of piperidine rings is 1. The molecule has 2 aromatic heterocycles. The van der Waals surface area contributed by atoms with Crippen LogP contribution in [-0.4, -0.2) is 47.8 Å². The van der Waals surface area contributed by atoms with E-state index in [2.05, 4.69) is 29.4 Å². The molecule has 1 aliphatic rings. The molecule has 3 atom stereocenters. The maximum absolute atomic E-state index is 12.8. The molecule has 10 heteroatoms. The van der Waals surface area contributed by atoms with Gasteiger partial charge in [-0.25, -0.2) is 8.42 Å². The first-order chi connectivity index (χ1) is 12.8. The predicted molar refractivity (Wildman–Crippen MR) is 102 cm³/mol. The minimum atomic E-state index is -3.88. The molecule has 2 aromatic rings. The van der Waals surface area contributed by atoms with Gasteiger partial charge in [-0.15, -0.1) is 10.2 Å². The molecule has 3 rings (SSSR count). The maximum atomic E-state index is 12.8. The molecular weight excluding hydrogens is 388 g/mol. The van der Waals surface area contributed by atoms with Crippen molar-refractivity contribution < 1.29 is 17.6 Å². The first-order valence-corrected chi connectivity index (χ1v) is 11.3. The smallest absolute Gasteiger partial charge is 0.241 e. The number of amides is 1. The fraction of sp³-hybridized carbons (Fsp3) is 0.588. The molecule has 0 aliphatic carbocycles. The van der Waals surface area contributed by atoms with Crippen molar-refractivity contribution in [2.45, 2.75) is 43.3 Å². The summed E-state index contributed by atoms with van der Waals surface area (Å²) in [5.41, 5.74) is 0. The van der Waals surface area contributed by atoms with E-state index in [0.29, 0.717) is 42.4 Å². The SMILES string of the molecule is C[C@@H]1C[C@H](C)CN(C(=O)[C@@H](C)S(=O)(=O)c2nnc(NCc3ccco3)s2)C1. The zero-order valence-electron chi connectivity index (χ0n) is 15.6. The summed E-state index contributed by atoms with van der Waals surface area (Å²) in [6.07, 6.45) is 2.61. The van der Waals surface area contributed by atoms with Crippen LogP contribution in [0.4, 0.5) is 5.13 Å². The van der Waals surface area contributed by atoms with Crippen LogP contribution < -0.4 is 5.32 Å². The first kappa shape index (κ1) is 19.8. The minimum Gasteiger partial charge on any atom is -0.467 e. The molecule has 0 unspecified atom stereocenters. The van der Waals surface area contributed by atoms with Gasteiger partial charge in [0.25, 0.3) is 0 Å². The molecule has 148 valence electrons. The summed E-state index contributed by atoms with van der Waals surface area (Å²) in [6.45, 7) is 7.15. The molecule has 1 aliphatic heterocycles. The lowest BCUT2D eigenvalue weighted by molar-refractivity contribution is -0.133. The second-order valence-electron chi connectivity index (χ2n) is 7.18. The summed E-state index contributed by atoms with van der Waals surface area (Å²) in [7, 11) is -3.88. The lowest BCUT2D eigenvalue weighted by atomic mass is 9.92. The summed E-state index contributed by atoms with van der Waals surface area (Å²) in [5, 5.41) is 9.81. The molecule has 3 heterocycles. The summed E-state index contributed by atoms with van der Waals surface area (Å²) in [6, 6.07) is 3.57. The van der Waals surface area contributed by atoms with E-state index in [4.69, 9.17) is 4.42 Å². The summed E-state index contributed by atoms with van der Waals surface area (Å²) in [5.74, 6) is 1.07. The van der Waals surface area contributed by atoms with Crippen molar-refractivity contribution in [3.63, 3.8) is 0 Å². The van der Waals surface area contributed by atoms with Crippen LogP contribution in [-0.2, 0) is 21.2 Å². The number of furan rings is 1. The number of nitrogens with one attached hydrogen (secondary N) is 1. The number of carbonyl (C=O) groups excluding carboxylic acids is 1. The number of hydrogen-bond acceptors (Lipinski definition) is 8. The van der Waals surface area contributed by atoms with Crippen molar-refractivity contribution in [1.82, 2.24) is 15.1 Å². The number of rotatable bonds is 6. The molecule has 0 bridgehead atoms. The number of anilines is 1. The van der Waals surface area contributed by atoms with Gasteiger partial charge in [0.2, 0.25) is 25.2 Å². The normalized spacial score (nSPS) is 21.8. The highest BCUT2D eigenvalue weighted by atomic mass is 32.2. The van der Waals surface area contributed by atoms with Crippen molar-refractivity contribution in [3.8, 4) is 0 Å². The molecule has 8 nitrogen and oxygen atoms in total.